The van der Waals surface area contributed by atoms with E-state index < -0.39 is 0 Å². The molecule has 2 aromatic rings. The molecule has 21 heavy (non-hydrogen) atoms. The molecule has 5 heteroatoms. The maximum absolute atomic E-state index is 5.48. The Morgan fingerprint density at radius 1 is 1.14 bits per heavy atom. The molecule has 1 aliphatic rings. The first-order valence-corrected chi connectivity index (χ1v) is 7.30. The van der Waals surface area contributed by atoms with Gasteiger partial charge in [-0.25, -0.2) is 4.98 Å². The van der Waals surface area contributed by atoms with Gasteiger partial charge in [0.1, 0.15) is 5.82 Å². The molecule has 2 N–H and O–H groups in total. The highest BCUT2D eigenvalue weighted by atomic mass is 16.5. The molecule has 1 fully saturated rings. The summed E-state index contributed by atoms with van der Waals surface area (Å²) in [6.45, 7) is 2.14. The van der Waals surface area contributed by atoms with Crippen molar-refractivity contribution in [2.45, 2.75) is 18.8 Å². The lowest BCUT2D eigenvalue weighted by atomic mass is 9.95. The number of aromatic nitrogens is 2. The lowest BCUT2D eigenvalue weighted by Gasteiger charge is -2.21. The average molecular weight is 287 g/mol. The monoisotopic (exact) mass is 287 g/mol. The summed E-state index contributed by atoms with van der Waals surface area (Å²) in [6.07, 6.45) is 4.25. The zero-order valence-electron chi connectivity index (χ0n) is 12.5. The van der Waals surface area contributed by atoms with Gasteiger partial charge in [0.05, 0.1) is 19.8 Å². The number of rotatable bonds is 4. The maximum Gasteiger partial charge on any atom is 0.171 e. The van der Waals surface area contributed by atoms with Gasteiger partial charge in [0.2, 0.25) is 0 Å². The molecule has 0 spiro atoms. The summed E-state index contributed by atoms with van der Waals surface area (Å²) in [5, 5.41) is 3.39. The van der Waals surface area contributed by atoms with E-state index in [1.807, 2.05) is 24.4 Å². The standard InChI is InChI=1S/C16H21N3O2/c1-20-14-5-3-4-12(15(14)21-2)16-18-10-13(19-16)11-6-8-17-9-7-11/h3-5,10-11,17H,6-9H2,1-2H3,(H,18,19). The van der Waals surface area contributed by atoms with Crippen molar-refractivity contribution in [3.05, 3.63) is 30.1 Å². The van der Waals surface area contributed by atoms with Crippen molar-refractivity contribution in [2.24, 2.45) is 0 Å². The fraction of sp³-hybridized carbons (Fsp3) is 0.438. The summed E-state index contributed by atoms with van der Waals surface area (Å²) in [6, 6.07) is 5.83. The predicted molar refractivity (Wildman–Crippen MR) is 82.0 cm³/mol. The van der Waals surface area contributed by atoms with Crippen LogP contribution >= 0.6 is 0 Å². The van der Waals surface area contributed by atoms with Crippen LogP contribution in [0.2, 0.25) is 0 Å². The van der Waals surface area contributed by atoms with Gasteiger partial charge in [0, 0.05) is 17.8 Å². The Hall–Kier alpha value is -2.01. The maximum atomic E-state index is 5.48. The van der Waals surface area contributed by atoms with Crippen LogP contribution in [0.15, 0.2) is 24.4 Å². The third-order valence-electron chi connectivity index (χ3n) is 4.03. The fourth-order valence-corrected chi connectivity index (χ4v) is 2.89. The van der Waals surface area contributed by atoms with Crippen molar-refractivity contribution in [1.82, 2.24) is 15.3 Å². The zero-order chi connectivity index (χ0) is 14.7. The Balaban J connectivity index is 1.92. The van der Waals surface area contributed by atoms with Crippen LogP contribution in [-0.2, 0) is 0 Å². The van der Waals surface area contributed by atoms with Crippen LogP contribution in [0, 0.1) is 0 Å². The Labute approximate surface area is 124 Å². The van der Waals surface area contributed by atoms with E-state index >= 15 is 0 Å². The second kappa shape index (κ2) is 6.18. The number of aromatic amines is 1. The fourth-order valence-electron chi connectivity index (χ4n) is 2.89. The molecule has 112 valence electrons. The number of para-hydroxylation sites is 1. The molecule has 0 unspecified atom stereocenters. The molecule has 2 heterocycles. The number of benzene rings is 1. The van der Waals surface area contributed by atoms with Crippen molar-refractivity contribution < 1.29 is 9.47 Å². The highest BCUT2D eigenvalue weighted by molar-refractivity contribution is 5.69. The molecule has 0 amide bonds. The van der Waals surface area contributed by atoms with Gasteiger partial charge >= 0.3 is 0 Å². The van der Waals surface area contributed by atoms with Gasteiger partial charge in [-0.15, -0.1) is 0 Å². The minimum atomic E-state index is 0.559. The van der Waals surface area contributed by atoms with Crippen molar-refractivity contribution in [2.75, 3.05) is 27.3 Å². The lowest BCUT2D eigenvalue weighted by molar-refractivity contribution is 0.356. The molecule has 1 saturated heterocycles. The summed E-state index contributed by atoms with van der Waals surface area (Å²) in [5.41, 5.74) is 2.13. The second-order valence-electron chi connectivity index (χ2n) is 5.25. The van der Waals surface area contributed by atoms with Crippen LogP contribution in [-0.4, -0.2) is 37.3 Å². The largest absolute Gasteiger partial charge is 0.493 e. The van der Waals surface area contributed by atoms with Gasteiger partial charge in [-0.3, -0.25) is 0 Å². The number of H-pyrrole nitrogens is 1. The molecule has 5 nitrogen and oxygen atoms in total. The lowest BCUT2D eigenvalue weighted by Crippen LogP contribution is -2.26. The number of nitrogens with one attached hydrogen (secondary N) is 2. The summed E-state index contributed by atoms with van der Waals surface area (Å²) in [4.78, 5) is 7.98. The first-order valence-electron chi connectivity index (χ1n) is 7.30. The number of imidazole rings is 1. The van der Waals surface area contributed by atoms with E-state index in [2.05, 4.69) is 15.3 Å². The van der Waals surface area contributed by atoms with E-state index in [-0.39, 0.29) is 0 Å². The second-order valence-corrected chi connectivity index (χ2v) is 5.25. The number of nitrogens with zero attached hydrogens (tertiary/aromatic N) is 1. The molecule has 3 rings (SSSR count). The summed E-state index contributed by atoms with van der Waals surface area (Å²) < 4.78 is 10.8. The van der Waals surface area contributed by atoms with Crippen molar-refractivity contribution in [3.63, 3.8) is 0 Å². The van der Waals surface area contributed by atoms with Crippen molar-refractivity contribution in [3.8, 4) is 22.9 Å². The third-order valence-corrected chi connectivity index (χ3v) is 4.03. The van der Waals surface area contributed by atoms with Crippen LogP contribution in [0.4, 0.5) is 0 Å². The van der Waals surface area contributed by atoms with Crippen molar-refractivity contribution in [1.29, 1.82) is 0 Å². The SMILES string of the molecule is COc1cccc(-c2ncc(C3CCNCC3)[nH]2)c1OC. The van der Waals surface area contributed by atoms with Gasteiger partial charge in [0.25, 0.3) is 0 Å². The van der Waals surface area contributed by atoms with E-state index in [4.69, 9.17) is 9.47 Å². The van der Waals surface area contributed by atoms with Crippen LogP contribution in [0.5, 0.6) is 11.5 Å². The molecule has 0 bridgehead atoms. The summed E-state index contributed by atoms with van der Waals surface area (Å²) >= 11 is 0. The Kier molecular flexibility index (Phi) is 4.10. The van der Waals surface area contributed by atoms with Gasteiger partial charge in [0.15, 0.2) is 11.5 Å². The highest BCUT2D eigenvalue weighted by Crippen LogP contribution is 2.37. The molecular weight excluding hydrogens is 266 g/mol. The van der Waals surface area contributed by atoms with Crippen molar-refractivity contribution >= 4 is 0 Å². The minimum absolute atomic E-state index is 0.559. The van der Waals surface area contributed by atoms with Crippen LogP contribution in [0.25, 0.3) is 11.4 Å². The third kappa shape index (κ3) is 2.74. The summed E-state index contributed by atoms with van der Waals surface area (Å²) in [5.74, 6) is 2.82. The van der Waals surface area contributed by atoms with Gasteiger partial charge in [-0.05, 0) is 38.1 Å². The Bertz CT molecular complexity index is 603. The number of methoxy groups -OCH3 is 2. The van der Waals surface area contributed by atoms with Crippen LogP contribution in [0.3, 0.4) is 0 Å². The molecule has 1 aromatic carbocycles. The quantitative estimate of drug-likeness (QED) is 0.907. The zero-order valence-corrected chi connectivity index (χ0v) is 12.5. The molecule has 0 radical (unpaired) electrons. The van der Waals surface area contributed by atoms with Gasteiger partial charge < -0.3 is 19.8 Å². The predicted octanol–water partition coefficient (Wildman–Crippen LogP) is 2.56. The van der Waals surface area contributed by atoms with E-state index in [1.54, 1.807) is 14.2 Å². The first-order chi connectivity index (χ1) is 10.3. The topological polar surface area (TPSA) is 59.2 Å². The summed E-state index contributed by atoms with van der Waals surface area (Å²) in [7, 11) is 3.29. The van der Waals surface area contributed by atoms with E-state index in [9.17, 15) is 0 Å². The first kappa shape index (κ1) is 13.9. The van der Waals surface area contributed by atoms with E-state index in [1.165, 1.54) is 5.69 Å². The van der Waals surface area contributed by atoms with Gasteiger partial charge in [-0.2, -0.15) is 0 Å². The van der Waals surface area contributed by atoms with E-state index in [0.717, 1.165) is 43.1 Å². The highest BCUT2D eigenvalue weighted by Gasteiger charge is 2.19. The van der Waals surface area contributed by atoms with E-state index in [0.29, 0.717) is 11.7 Å². The molecule has 1 aliphatic heterocycles. The molecular formula is C16H21N3O2. The minimum Gasteiger partial charge on any atom is -0.493 e. The van der Waals surface area contributed by atoms with Crippen LogP contribution < -0.4 is 14.8 Å². The smallest absolute Gasteiger partial charge is 0.171 e. The Morgan fingerprint density at radius 2 is 1.95 bits per heavy atom. The Morgan fingerprint density at radius 3 is 2.67 bits per heavy atom. The number of ether oxygens (including phenoxy) is 2. The molecule has 1 aromatic heterocycles. The molecule has 0 aliphatic carbocycles. The van der Waals surface area contributed by atoms with Gasteiger partial charge in [-0.1, -0.05) is 6.07 Å². The number of hydrogen-bond acceptors (Lipinski definition) is 4. The van der Waals surface area contributed by atoms with Crippen LogP contribution in [0.1, 0.15) is 24.5 Å². The molecule has 0 atom stereocenters. The number of piperidine rings is 1. The normalized spacial score (nSPS) is 15.9. The molecule has 0 saturated carbocycles. The number of hydrogen-bond donors (Lipinski definition) is 2. The average Bonchev–Trinajstić information content (AvgIpc) is 3.04.